The van der Waals surface area contributed by atoms with E-state index < -0.39 is 0 Å². The minimum atomic E-state index is 0.516. The van der Waals surface area contributed by atoms with Crippen LogP contribution in [-0.2, 0) is 13.5 Å². The number of aryl methyl sites for hydroxylation is 1. The Morgan fingerprint density at radius 2 is 2.32 bits per heavy atom. The van der Waals surface area contributed by atoms with E-state index in [-0.39, 0.29) is 0 Å². The molecule has 1 heterocycles. The molecule has 0 fully saturated rings. The van der Waals surface area contributed by atoms with Crippen molar-refractivity contribution in [1.82, 2.24) is 20.0 Å². The number of aromatic nitrogens is 2. The molecule has 1 atom stereocenters. The minimum absolute atomic E-state index is 0.516. The van der Waals surface area contributed by atoms with E-state index in [1.54, 1.807) is 0 Å². The molecule has 108 valence electrons. The number of nitrogens with zero attached hydrogens (tertiary/aromatic N) is 3. The first-order chi connectivity index (χ1) is 9.09. The lowest BCUT2D eigenvalue weighted by Gasteiger charge is -2.25. The SMILES string of the molecule is CC(C)N(C)CCCNC1CCCc2c1cnn2C. The van der Waals surface area contributed by atoms with Crippen LogP contribution in [0.5, 0.6) is 0 Å². The van der Waals surface area contributed by atoms with Crippen LogP contribution in [0, 0.1) is 0 Å². The van der Waals surface area contributed by atoms with E-state index in [1.165, 1.54) is 36.9 Å². The third kappa shape index (κ3) is 3.57. The van der Waals surface area contributed by atoms with E-state index in [9.17, 15) is 0 Å². The van der Waals surface area contributed by atoms with E-state index in [0.29, 0.717) is 12.1 Å². The predicted octanol–water partition coefficient (Wildman–Crippen LogP) is 2.12. The monoisotopic (exact) mass is 264 g/mol. The first-order valence-corrected chi connectivity index (χ1v) is 7.54. The molecule has 0 saturated heterocycles. The second-order valence-electron chi connectivity index (χ2n) is 6.00. The zero-order chi connectivity index (χ0) is 13.8. The fraction of sp³-hybridized carbons (Fsp3) is 0.800. The van der Waals surface area contributed by atoms with Crippen molar-refractivity contribution < 1.29 is 0 Å². The summed E-state index contributed by atoms with van der Waals surface area (Å²) in [6.45, 7) is 6.75. The van der Waals surface area contributed by atoms with E-state index in [4.69, 9.17) is 0 Å². The lowest BCUT2D eigenvalue weighted by Crippen LogP contribution is -2.31. The summed E-state index contributed by atoms with van der Waals surface area (Å²) in [7, 11) is 4.25. The molecule has 0 aliphatic heterocycles. The van der Waals surface area contributed by atoms with E-state index in [1.807, 2.05) is 10.9 Å². The molecule has 0 saturated carbocycles. The molecule has 0 amide bonds. The molecule has 4 nitrogen and oxygen atoms in total. The molecule has 4 heteroatoms. The van der Waals surface area contributed by atoms with Crippen molar-refractivity contribution in [3.63, 3.8) is 0 Å². The zero-order valence-electron chi connectivity index (χ0n) is 12.8. The summed E-state index contributed by atoms with van der Waals surface area (Å²) in [6.07, 6.45) is 6.96. The highest BCUT2D eigenvalue weighted by atomic mass is 15.3. The van der Waals surface area contributed by atoms with Gasteiger partial charge in [-0.05, 0) is 59.7 Å². The molecule has 1 aliphatic carbocycles. The van der Waals surface area contributed by atoms with E-state index in [0.717, 1.165) is 13.1 Å². The number of fused-ring (bicyclic) bond motifs is 1. The number of nitrogens with one attached hydrogen (secondary N) is 1. The van der Waals surface area contributed by atoms with E-state index in [2.05, 4.69) is 43.3 Å². The summed E-state index contributed by atoms with van der Waals surface area (Å²) < 4.78 is 2.04. The Morgan fingerprint density at radius 3 is 3.05 bits per heavy atom. The van der Waals surface area contributed by atoms with Gasteiger partial charge >= 0.3 is 0 Å². The van der Waals surface area contributed by atoms with Crippen LogP contribution in [0.25, 0.3) is 0 Å². The van der Waals surface area contributed by atoms with Gasteiger partial charge in [-0.25, -0.2) is 0 Å². The van der Waals surface area contributed by atoms with Crippen LogP contribution in [0.4, 0.5) is 0 Å². The summed E-state index contributed by atoms with van der Waals surface area (Å²) in [5.74, 6) is 0. The standard InChI is InChI=1S/C15H28N4/c1-12(2)18(3)10-6-9-16-14-7-5-8-15-13(14)11-17-19(15)4/h11-12,14,16H,5-10H2,1-4H3. The van der Waals surface area contributed by atoms with Gasteiger partial charge in [-0.2, -0.15) is 5.10 Å². The number of hydrogen-bond donors (Lipinski definition) is 1. The first-order valence-electron chi connectivity index (χ1n) is 7.54. The molecule has 1 aromatic heterocycles. The van der Waals surface area contributed by atoms with Crippen LogP contribution in [-0.4, -0.2) is 40.9 Å². The Balaban J connectivity index is 1.78. The number of hydrogen-bond acceptors (Lipinski definition) is 3. The molecule has 1 N–H and O–H groups in total. The molecule has 19 heavy (non-hydrogen) atoms. The third-order valence-corrected chi connectivity index (χ3v) is 4.34. The zero-order valence-corrected chi connectivity index (χ0v) is 12.8. The van der Waals surface area contributed by atoms with Crippen molar-refractivity contribution in [1.29, 1.82) is 0 Å². The Morgan fingerprint density at radius 1 is 1.53 bits per heavy atom. The minimum Gasteiger partial charge on any atom is -0.310 e. The van der Waals surface area contributed by atoms with Crippen LogP contribution in [0.2, 0.25) is 0 Å². The van der Waals surface area contributed by atoms with Gasteiger partial charge in [0, 0.05) is 30.4 Å². The van der Waals surface area contributed by atoms with Crippen molar-refractivity contribution in [2.45, 2.75) is 51.6 Å². The van der Waals surface area contributed by atoms with Crippen molar-refractivity contribution in [2.24, 2.45) is 7.05 Å². The molecule has 1 unspecified atom stereocenters. The molecular weight excluding hydrogens is 236 g/mol. The van der Waals surface area contributed by atoms with Gasteiger partial charge in [0.25, 0.3) is 0 Å². The molecule has 0 bridgehead atoms. The summed E-state index contributed by atoms with van der Waals surface area (Å²) in [6, 6.07) is 1.15. The second kappa shape index (κ2) is 6.53. The second-order valence-corrected chi connectivity index (χ2v) is 6.00. The highest BCUT2D eigenvalue weighted by Gasteiger charge is 2.22. The fourth-order valence-corrected chi connectivity index (χ4v) is 2.78. The fourth-order valence-electron chi connectivity index (χ4n) is 2.78. The highest BCUT2D eigenvalue weighted by Crippen LogP contribution is 2.28. The van der Waals surface area contributed by atoms with Gasteiger partial charge in [-0.1, -0.05) is 0 Å². The predicted molar refractivity (Wildman–Crippen MR) is 79.3 cm³/mol. The summed E-state index contributed by atoms with van der Waals surface area (Å²) in [5.41, 5.74) is 2.84. The Labute approximate surface area is 117 Å². The maximum Gasteiger partial charge on any atom is 0.0540 e. The van der Waals surface area contributed by atoms with Crippen LogP contribution >= 0.6 is 0 Å². The van der Waals surface area contributed by atoms with Gasteiger partial charge in [0.15, 0.2) is 0 Å². The molecular formula is C15H28N4. The molecule has 1 aliphatic rings. The summed E-state index contributed by atoms with van der Waals surface area (Å²) >= 11 is 0. The quantitative estimate of drug-likeness (QED) is 0.799. The van der Waals surface area contributed by atoms with Gasteiger partial charge in [0.2, 0.25) is 0 Å². The van der Waals surface area contributed by atoms with Crippen LogP contribution < -0.4 is 5.32 Å². The van der Waals surface area contributed by atoms with Crippen LogP contribution in [0.15, 0.2) is 6.20 Å². The van der Waals surface area contributed by atoms with Gasteiger partial charge in [0.1, 0.15) is 0 Å². The van der Waals surface area contributed by atoms with Crippen LogP contribution in [0.1, 0.15) is 50.4 Å². The van der Waals surface area contributed by atoms with Crippen molar-refractivity contribution in [3.05, 3.63) is 17.5 Å². The van der Waals surface area contributed by atoms with E-state index >= 15 is 0 Å². The average molecular weight is 264 g/mol. The molecule has 0 radical (unpaired) electrons. The summed E-state index contributed by atoms with van der Waals surface area (Å²) in [4.78, 5) is 2.40. The van der Waals surface area contributed by atoms with Gasteiger partial charge in [0.05, 0.1) is 6.20 Å². The smallest absolute Gasteiger partial charge is 0.0540 e. The van der Waals surface area contributed by atoms with Gasteiger partial charge in [-0.3, -0.25) is 4.68 Å². The lowest BCUT2D eigenvalue weighted by molar-refractivity contribution is 0.267. The molecule has 2 rings (SSSR count). The van der Waals surface area contributed by atoms with Crippen LogP contribution in [0.3, 0.4) is 0 Å². The Kier molecular flexibility index (Phi) is 4.99. The van der Waals surface area contributed by atoms with Gasteiger partial charge < -0.3 is 10.2 Å². The van der Waals surface area contributed by atoms with Crippen molar-refractivity contribution in [2.75, 3.05) is 20.1 Å². The Bertz CT molecular complexity index is 397. The average Bonchev–Trinajstić information content (AvgIpc) is 2.77. The number of rotatable bonds is 6. The normalized spacial score (nSPS) is 19.2. The molecule has 0 spiro atoms. The molecule has 1 aromatic rings. The lowest BCUT2D eigenvalue weighted by atomic mass is 9.93. The van der Waals surface area contributed by atoms with Crippen molar-refractivity contribution >= 4 is 0 Å². The molecule has 0 aromatic carbocycles. The first kappa shape index (κ1) is 14.5. The maximum atomic E-state index is 4.40. The van der Waals surface area contributed by atoms with Crippen molar-refractivity contribution in [3.8, 4) is 0 Å². The topological polar surface area (TPSA) is 33.1 Å². The highest BCUT2D eigenvalue weighted by molar-refractivity contribution is 5.24. The third-order valence-electron chi connectivity index (χ3n) is 4.34. The largest absolute Gasteiger partial charge is 0.310 e. The summed E-state index contributed by atoms with van der Waals surface area (Å²) in [5, 5.41) is 8.10. The maximum absolute atomic E-state index is 4.40. The van der Waals surface area contributed by atoms with Gasteiger partial charge in [-0.15, -0.1) is 0 Å². The Hall–Kier alpha value is -0.870.